The van der Waals surface area contributed by atoms with E-state index in [0.717, 1.165) is 0 Å². The molecule has 0 aliphatic heterocycles. The van der Waals surface area contributed by atoms with E-state index in [4.69, 9.17) is 10.5 Å². The Morgan fingerprint density at radius 3 is 2.75 bits per heavy atom. The van der Waals surface area contributed by atoms with Gasteiger partial charge in [0.1, 0.15) is 0 Å². The molecule has 0 bridgehead atoms. The summed E-state index contributed by atoms with van der Waals surface area (Å²) in [4.78, 5) is 23.9. The van der Waals surface area contributed by atoms with Gasteiger partial charge in [0.05, 0.1) is 17.5 Å². The highest BCUT2D eigenvalue weighted by atomic mass is 16.6. The molecule has 1 unspecified atom stereocenters. The normalized spacial score (nSPS) is 11.9. The predicted octanol–water partition coefficient (Wildman–Crippen LogP) is 0.917. The smallest absolute Gasteiger partial charge is 0.274 e. The lowest BCUT2D eigenvalue weighted by atomic mass is 10.1. The van der Waals surface area contributed by atoms with Crippen LogP contribution in [0.1, 0.15) is 12.0 Å². The maximum atomic E-state index is 12.0. The second-order valence-electron chi connectivity index (χ2n) is 4.47. The number of hydrogen-bond acceptors (Lipinski definition) is 5. The van der Waals surface area contributed by atoms with Gasteiger partial charge >= 0.3 is 0 Å². The van der Waals surface area contributed by atoms with E-state index in [-0.39, 0.29) is 18.1 Å². The monoisotopic (exact) mass is 281 g/mol. The van der Waals surface area contributed by atoms with Gasteiger partial charge in [0, 0.05) is 32.4 Å². The van der Waals surface area contributed by atoms with Crippen molar-refractivity contribution in [3.8, 4) is 0 Å². The number of carbonyl (C=O) groups excluding carboxylic acids is 1. The lowest BCUT2D eigenvalue weighted by Crippen LogP contribution is -2.42. The average molecular weight is 281 g/mol. The number of carbonyl (C=O) groups is 1. The Morgan fingerprint density at radius 1 is 1.50 bits per heavy atom. The number of hydrogen-bond donors (Lipinski definition) is 1. The van der Waals surface area contributed by atoms with Crippen LogP contribution in [0.15, 0.2) is 24.3 Å². The first-order chi connectivity index (χ1) is 9.47. The van der Waals surface area contributed by atoms with Gasteiger partial charge in [-0.2, -0.15) is 0 Å². The van der Waals surface area contributed by atoms with Gasteiger partial charge in [-0.3, -0.25) is 14.9 Å². The zero-order chi connectivity index (χ0) is 15.1. The third kappa shape index (κ3) is 4.29. The Balaban J connectivity index is 2.73. The van der Waals surface area contributed by atoms with Crippen molar-refractivity contribution in [3.05, 3.63) is 39.9 Å². The number of nitrogens with zero attached hydrogens (tertiary/aromatic N) is 2. The molecule has 2 N–H and O–H groups in total. The molecular weight excluding hydrogens is 262 g/mol. The van der Waals surface area contributed by atoms with Crippen LogP contribution in [0.2, 0.25) is 0 Å². The lowest BCUT2D eigenvalue weighted by Gasteiger charge is -2.21. The number of nitrogens with two attached hydrogens (primary N) is 1. The SMILES string of the molecule is COCCC(N)C(=O)N(C)Cc1ccccc1[N+](=O)[O-]. The molecule has 7 heteroatoms. The van der Waals surface area contributed by atoms with E-state index in [9.17, 15) is 14.9 Å². The quantitative estimate of drug-likeness (QED) is 0.591. The van der Waals surface area contributed by atoms with Crippen LogP contribution in [0.25, 0.3) is 0 Å². The molecule has 1 rings (SSSR count). The molecule has 20 heavy (non-hydrogen) atoms. The number of nitro benzene ring substituents is 1. The van der Waals surface area contributed by atoms with Gasteiger partial charge in [-0.25, -0.2) is 0 Å². The van der Waals surface area contributed by atoms with Crippen molar-refractivity contribution in [3.63, 3.8) is 0 Å². The summed E-state index contributed by atoms with van der Waals surface area (Å²) in [5, 5.41) is 10.9. The predicted molar refractivity (Wildman–Crippen MR) is 74.0 cm³/mol. The highest BCUT2D eigenvalue weighted by Gasteiger charge is 2.21. The third-order valence-corrected chi connectivity index (χ3v) is 2.92. The third-order valence-electron chi connectivity index (χ3n) is 2.92. The molecule has 7 nitrogen and oxygen atoms in total. The molecule has 1 amide bonds. The van der Waals surface area contributed by atoms with Crippen LogP contribution in [0, 0.1) is 10.1 Å². The number of methoxy groups -OCH3 is 1. The van der Waals surface area contributed by atoms with Gasteiger partial charge in [-0.1, -0.05) is 18.2 Å². The molecule has 110 valence electrons. The summed E-state index contributed by atoms with van der Waals surface area (Å²) in [6.07, 6.45) is 0.413. The minimum absolute atomic E-state index is 0.00221. The van der Waals surface area contributed by atoms with Gasteiger partial charge < -0.3 is 15.4 Å². The molecule has 0 aliphatic carbocycles. The zero-order valence-corrected chi connectivity index (χ0v) is 11.6. The summed E-state index contributed by atoms with van der Waals surface area (Å²) in [5.41, 5.74) is 6.23. The summed E-state index contributed by atoms with van der Waals surface area (Å²) in [6.45, 7) is 0.545. The number of ether oxygens (including phenoxy) is 1. The summed E-state index contributed by atoms with van der Waals surface area (Å²) < 4.78 is 4.87. The molecule has 0 aliphatic rings. The Labute approximate surface area is 117 Å². The van der Waals surface area contributed by atoms with Crippen LogP contribution < -0.4 is 5.73 Å². The minimum atomic E-state index is -0.664. The summed E-state index contributed by atoms with van der Waals surface area (Å²) in [6, 6.07) is 5.67. The maximum Gasteiger partial charge on any atom is 0.274 e. The first-order valence-corrected chi connectivity index (χ1v) is 6.19. The molecule has 1 aromatic rings. The number of amides is 1. The highest BCUT2D eigenvalue weighted by Crippen LogP contribution is 2.19. The maximum absolute atomic E-state index is 12.0. The Kier molecular flexibility index (Phi) is 6.08. The first kappa shape index (κ1) is 16.1. The second kappa shape index (κ2) is 7.56. The van der Waals surface area contributed by atoms with Crippen LogP contribution in [-0.4, -0.2) is 42.5 Å². The highest BCUT2D eigenvalue weighted by molar-refractivity contribution is 5.81. The van der Waals surface area contributed by atoms with Gasteiger partial charge in [-0.05, 0) is 6.42 Å². The topological polar surface area (TPSA) is 98.7 Å². The number of benzene rings is 1. The molecule has 0 saturated heterocycles. The van der Waals surface area contributed by atoms with Crippen LogP contribution in [-0.2, 0) is 16.1 Å². The molecule has 1 atom stereocenters. The fourth-order valence-corrected chi connectivity index (χ4v) is 1.81. The molecule has 0 spiro atoms. The molecule has 0 radical (unpaired) electrons. The van der Waals surface area contributed by atoms with Crippen LogP contribution >= 0.6 is 0 Å². The number of nitro groups is 1. The second-order valence-corrected chi connectivity index (χ2v) is 4.47. The average Bonchev–Trinajstić information content (AvgIpc) is 2.44. The summed E-state index contributed by atoms with van der Waals surface area (Å²) in [5.74, 6) is -0.264. The molecule has 0 aromatic heterocycles. The Hall–Kier alpha value is -1.99. The van der Waals surface area contributed by atoms with Crippen molar-refractivity contribution in [2.24, 2.45) is 5.73 Å². The molecule has 1 aromatic carbocycles. The van der Waals surface area contributed by atoms with Crippen molar-refractivity contribution in [2.45, 2.75) is 19.0 Å². The van der Waals surface area contributed by atoms with E-state index >= 15 is 0 Å². The summed E-state index contributed by atoms with van der Waals surface area (Å²) >= 11 is 0. The Bertz CT molecular complexity index is 478. The lowest BCUT2D eigenvalue weighted by molar-refractivity contribution is -0.385. The van der Waals surface area contributed by atoms with Crippen LogP contribution in [0.5, 0.6) is 0 Å². The number of likely N-dealkylation sites (N-methyl/N-ethyl adjacent to an activating group) is 1. The Morgan fingerprint density at radius 2 is 2.15 bits per heavy atom. The van der Waals surface area contributed by atoms with Crippen molar-refractivity contribution in [2.75, 3.05) is 20.8 Å². The minimum Gasteiger partial charge on any atom is -0.385 e. The first-order valence-electron chi connectivity index (χ1n) is 6.19. The van der Waals surface area contributed by atoms with E-state index in [0.29, 0.717) is 18.6 Å². The number of para-hydroxylation sites is 1. The fraction of sp³-hybridized carbons (Fsp3) is 0.462. The van der Waals surface area contributed by atoms with E-state index in [1.807, 2.05) is 0 Å². The van der Waals surface area contributed by atoms with Gasteiger partial charge in [-0.15, -0.1) is 0 Å². The van der Waals surface area contributed by atoms with Crippen molar-refractivity contribution < 1.29 is 14.5 Å². The van der Waals surface area contributed by atoms with Crippen LogP contribution in [0.3, 0.4) is 0 Å². The molecule has 0 fully saturated rings. The van der Waals surface area contributed by atoms with Crippen molar-refractivity contribution >= 4 is 11.6 Å². The van der Waals surface area contributed by atoms with E-state index in [1.54, 1.807) is 25.2 Å². The van der Waals surface area contributed by atoms with Gasteiger partial charge in [0.15, 0.2) is 0 Å². The summed E-state index contributed by atoms with van der Waals surface area (Å²) in [7, 11) is 3.11. The van der Waals surface area contributed by atoms with Gasteiger partial charge in [0.2, 0.25) is 5.91 Å². The van der Waals surface area contributed by atoms with E-state index < -0.39 is 11.0 Å². The van der Waals surface area contributed by atoms with E-state index in [2.05, 4.69) is 0 Å². The van der Waals surface area contributed by atoms with Crippen LogP contribution in [0.4, 0.5) is 5.69 Å². The standard InChI is InChI=1S/C13H19N3O4/c1-15(13(17)11(14)7-8-20-2)9-10-5-3-4-6-12(10)16(18)19/h3-6,11H,7-9,14H2,1-2H3. The zero-order valence-electron chi connectivity index (χ0n) is 11.6. The van der Waals surface area contributed by atoms with Gasteiger partial charge in [0.25, 0.3) is 5.69 Å². The molecule has 0 saturated carbocycles. The largest absolute Gasteiger partial charge is 0.385 e. The molecule has 0 heterocycles. The molecular formula is C13H19N3O4. The fourth-order valence-electron chi connectivity index (χ4n) is 1.81. The number of rotatable bonds is 7. The van der Waals surface area contributed by atoms with Crippen molar-refractivity contribution in [1.82, 2.24) is 4.90 Å². The van der Waals surface area contributed by atoms with Crippen molar-refractivity contribution in [1.29, 1.82) is 0 Å². The van der Waals surface area contributed by atoms with E-state index in [1.165, 1.54) is 18.1 Å².